The molecule has 3 nitrogen and oxygen atoms in total. The molecule has 1 aromatic rings. The van der Waals surface area contributed by atoms with E-state index in [-0.39, 0.29) is 12.2 Å². The van der Waals surface area contributed by atoms with Crippen molar-refractivity contribution in [2.75, 3.05) is 0 Å². The predicted molar refractivity (Wildman–Crippen MR) is 69.0 cm³/mol. The van der Waals surface area contributed by atoms with Gasteiger partial charge in [-0.15, -0.1) is 0 Å². The number of hydrogen-bond acceptors (Lipinski definition) is 3. The maximum Gasteiger partial charge on any atom is 0.125 e. The highest BCUT2D eigenvalue weighted by atomic mass is 79.9. The quantitative estimate of drug-likeness (QED) is 0.902. The molecular formula is C13H17BrO3. The van der Waals surface area contributed by atoms with E-state index >= 15 is 0 Å². The van der Waals surface area contributed by atoms with Gasteiger partial charge in [0.2, 0.25) is 0 Å². The monoisotopic (exact) mass is 300 g/mol. The molecule has 2 N–H and O–H groups in total. The summed E-state index contributed by atoms with van der Waals surface area (Å²) >= 11 is 3.37. The van der Waals surface area contributed by atoms with Crippen molar-refractivity contribution in [3.05, 3.63) is 28.2 Å². The van der Waals surface area contributed by atoms with E-state index in [9.17, 15) is 10.2 Å². The van der Waals surface area contributed by atoms with E-state index in [0.29, 0.717) is 5.75 Å². The van der Waals surface area contributed by atoms with Crippen LogP contribution in [0, 0.1) is 0 Å². The molecule has 0 heterocycles. The fourth-order valence-electron chi connectivity index (χ4n) is 2.16. The van der Waals surface area contributed by atoms with E-state index in [1.54, 1.807) is 6.92 Å². The largest absolute Gasteiger partial charge is 0.487 e. The number of halogens is 1. The lowest BCUT2D eigenvalue weighted by molar-refractivity contribution is 0.0577. The van der Waals surface area contributed by atoms with E-state index in [2.05, 4.69) is 15.9 Å². The molecule has 94 valence electrons. The topological polar surface area (TPSA) is 49.7 Å². The third kappa shape index (κ3) is 3.00. The molecule has 1 fully saturated rings. The second-order valence-electron chi connectivity index (χ2n) is 4.51. The number of benzene rings is 1. The summed E-state index contributed by atoms with van der Waals surface area (Å²) in [5, 5.41) is 19.4. The van der Waals surface area contributed by atoms with E-state index in [0.717, 1.165) is 29.3 Å². The summed E-state index contributed by atoms with van der Waals surface area (Å²) in [6, 6.07) is 5.56. The zero-order valence-corrected chi connectivity index (χ0v) is 11.4. The Kier molecular flexibility index (Phi) is 4.07. The van der Waals surface area contributed by atoms with Gasteiger partial charge < -0.3 is 14.9 Å². The smallest absolute Gasteiger partial charge is 0.125 e. The molecule has 0 radical (unpaired) electrons. The molecule has 0 aromatic heterocycles. The minimum atomic E-state index is -0.582. The van der Waals surface area contributed by atoms with Crippen LogP contribution in [0.15, 0.2) is 22.7 Å². The molecule has 17 heavy (non-hydrogen) atoms. The Morgan fingerprint density at radius 3 is 2.76 bits per heavy atom. The average molecular weight is 301 g/mol. The van der Waals surface area contributed by atoms with Crippen molar-refractivity contribution in [2.24, 2.45) is 0 Å². The third-order valence-corrected chi connectivity index (χ3v) is 3.61. The SMILES string of the molecule is C[C@@H](O)c1cc(Br)ccc1OC1CCCC1O. The summed E-state index contributed by atoms with van der Waals surface area (Å²) < 4.78 is 6.71. The summed E-state index contributed by atoms with van der Waals surface area (Å²) in [5.41, 5.74) is 0.749. The van der Waals surface area contributed by atoms with Crippen LogP contribution in [-0.4, -0.2) is 22.4 Å². The van der Waals surface area contributed by atoms with Gasteiger partial charge in [-0.25, -0.2) is 0 Å². The van der Waals surface area contributed by atoms with Gasteiger partial charge in [0.15, 0.2) is 0 Å². The van der Waals surface area contributed by atoms with Crippen molar-refractivity contribution in [2.45, 2.75) is 44.5 Å². The van der Waals surface area contributed by atoms with Gasteiger partial charge >= 0.3 is 0 Å². The lowest BCUT2D eigenvalue weighted by Gasteiger charge is -2.20. The number of aliphatic hydroxyl groups is 2. The fourth-order valence-corrected chi connectivity index (χ4v) is 2.54. The summed E-state index contributed by atoms with van der Waals surface area (Å²) in [4.78, 5) is 0. The Balaban J connectivity index is 2.19. The molecule has 0 saturated heterocycles. The van der Waals surface area contributed by atoms with Crippen molar-refractivity contribution < 1.29 is 14.9 Å². The normalized spacial score (nSPS) is 25.9. The van der Waals surface area contributed by atoms with Gasteiger partial charge in [0, 0.05) is 10.0 Å². The highest BCUT2D eigenvalue weighted by Crippen LogP contribution is 2.32. The number of aliphatic hydroxyl groups excluding tert-OH is 2. The van der Waals surface area contributed by atoms with Crippen molar-refractivity contribution >= 4 is 15.9 Å². The van der Waals surface area contributed by atoms with Crippen LogP contribution in [0.5, 0.6) is 5.75 Å². The van der Waals surface area contributed by atoms with Gasteiger partial charge in [0.05, 0.1) is 12.2 Å². The van der Waals surface area contributed by atoms with Gasteiger partial charge in [-0.2, -0.15) is 0 Å². The first-order chi connectivity index (χ1) is 8.08. The fraction of sp³-hybridized carbons (Fsp3) is 0.538. The van der Waals surface area contributed by atoms with Gasteiger partial charge in [0.1, 0.15) is 11.9 Å². The van der Waals surface area contributed by atoms with Crippen molar-refractivity contribution in [3.63, 3.8) is 0 Å². The minimum absolute atomic E-state index is 0.145. The first-order valence-electron chi connectivity index (χ1n) is 5.90. The second-order valence-corrected chi connectivity index (χ2v) is 5.43. The van der Waals surface area contributed by atoms with E-state index < -0.39 is 6.10 Å². The van der Waals surface area contributed by atoms with Crippen LogP contribution in [0.1, 0.15) is 37.9 Å². The van der Waals surface area contributed by atoms with Crippen LogP contribution in [0.2, 0.25) is 0 Å². The third-order valence-electron chi connectivity index (χ3n) is 3.12. The second kappa shape index (κ2) is 5.38. The van der Waals surface area contributed by atoms with E-state index in [1.807, 2.05) is 18.2 Å². The average Bonchev–Trinajstić information content (AvgIpc) is 2.67. The van der Waals surface area contributed by atoms with E-state index in [4.69, 9.17) is 4.74 Å². The maximum atomic E-state index is 9.74. The van der Waals surface area contributed by atoms with Crippen molar-refractivity contribution in [1.29, 1.82) is 0 Å². The molecular weight excluding hydrogens is 284 g/mol. The first kappa shape index (κ1) is 12.9. The summed E-state index contributed by atoms with van der Waals surface area (Å²) in [5.74, 6) is 0.661. The van der Waals surface area contributed by atoms with Gasteiger partial charge in [0.25, 0.3) is 0 Å². The molecule has 1 aliphatic rings. The Labute approximate surface area is 110 Å². The summed E-state index contributed by atoms with van der Waals surface area (Å²) in [6.07, 6.45) is 1.55. The first-order valence-corrected chi connectivity index (χ1v) is 6.69. The lowest BCUT2D eigenvalue weighted by atomic mass is 10.1. The van der Waals surface area contributed by atoms with Crippen LogP contribution in [-0.2, 0) is 0 Å². The molecule has 3 atom stereocenters. The molecule has 0 spiro atoms. The molecule has 1 aliphatic carbocycles. The molecule has 2 unspecified atom stereocenters. The summed E-state index contributed by atoms with van der Waals surface area (Å²) in [6.45, 7) is 1.71. The Morgan fingerprint density at radius 2 is 2.18 bits per heavy atom. The van der Waals surface area contributed by atoms with Crippen LogP contribution < -0.4 is 4.74 Å². The zero-order valence-electron chi connectivity index (χ0n) is 9.77. The van der Waals surface area contributed by atoms with Crippen LogP contribution in [0.4, 0.5) is 0 Å². The highest BCUT2D eigenvalue weighted by Gasteiger charge is 2.27. The molecule has 2 rings (SSSR count). The van der Waals surface area contributed by atoms with Crippen molar-refractivity contribution in [1.82, 2.24) is 0 Å². The highest BCUT2D eigenvalue weighted by molar-refractivity contribution is 9.10. The standard InChI is InChI=1S/C13H17BrO3/c1-8(15)10-7-9(14)5-6-12(10)17-13-4-2-3-11(13)16/h5-8,11,13,15-16H,2-4H2,1H3/t8-,11?,13?/m1/s1. The van der Waals surface area contributed by atoms with Gasteiger partial charge in [-0.05, 0) is 44.4 Å². The summed E-state index contributed by atoms with van der Waals surface area (Å²) in [7, 11) is 0. The molecule has 0 bridgehead atoms. The Bertz CT molecular complexity index is 392. The van der Waals surface area contributed by atoms with E-state index in [1.165, 1.54) is 0 Å². The van der Waals surface area contributed by atoms with Gasteiger partial charge in [-0.3, -0.25) is 0 Å². The maximum absolute atomic E-state index is 9.74. The minimum Gasteiger partial charge on any atom is -0.487 e. The predicted octanol–water partition coefficient (Wildman–Crippen LogP) is 2.79. The molecule has 1 aromatic carbocycles. The molecule has 0 aliphatic heterocycles. The zero-order chi connectivity index (χ0) is 12.4. The number of ether oxygens (including phenoxy) is 1. The molecule has 4 heteroatoms. The molecule has 0 amide bonds. The van der Waals surface area contributed by atoms with Gasteiger partial charge in [-0.1, -0.05) is 15.9 Å². The van der Waals surface area contributed by atoms with Crippen LogP contribution in [0.25, 0.3) is 0 Å². The lowest BCUT2D eigenvalue weighted by Crippen LogP contribution is -2.26. The van der Waals surface area contributed by atoms with Crippen molar-refractivity contribution in [3.8, 4) is 5.75 Å². The van der Waals surface area contributed by atoms with Crippen LogP contribution in [0.3, 0.4) is 0 Å². The Morgan fingerprint density at radius 1 is 1.41 bits per heavy atom. The Hall–Kier alpha value is -0.580. The molecule has 1 saturated carbocycles. The van der Waals surface area contributed by atoms with Crippen LogP contribution >= 0.6 is 15.9 Å². The number of rotatable bonds is 3. The number of hydrogen-bond donors (Lipinski definition) is 2.